The molecule has 7 heteroatoms. The molecule has 7 nitrogen and oxygen atoms in total. The Kier molecular flexibility index (Phi) is 2.94. The Labute approximate surface area is 95.6 Å². The minimum atomic E-state index is -1.24. The number of aliphatic hydroxyl groups is 1. The molecule has 1 aromatic carbocycles. The van der Waals surface area contributed by atoms with E-state index in [0.29, 0.717) is 16.7 Å². The van der Waals surface area contributed by atoms with Crippen molar-refractivity contribution in [2.75, 3.05) is 11.9 Å². The van der Waals surface area contributed by atoms with Gasteiger partial charge in [0, 0.05) is 12.2 Å². The number of aliphatic hydroxyl groups excluding tert-OH is 1. The predicted octanol–water partition coefficient (Wildman–Crippen LogP) is -0.886. The average Bonchev–Trinajstić information content (AvgIpc) is 2.67. The Morgan fingerprint density at radius 3 is 2.82 bits per heavy atom. The van der Waals surface area contributed by atoms with Gasteiger partial charge in [-0.25, -0.2) is 4.79 Å². The molecule has 1 heterocycles. The van der Waals surface area contributed by atoms with E-state index in [1.807, 2.05) is 0 Å². The third-order valence-electron chi connectivity index (χ3n) is 2.31. The maximum atomic E-state index is 11.4. The van der Waals surface area contributed by atoms with Crippen LogP contribution < -0.4 is 16.7 Å². The number of aromatic nitrogens is 2. The summed E-state index contributed by atoms with van der Waals surface area (Å²) in [6, 6.07) is 4.86. The van der Waals surface area contributed by atoms with Crippen molar-refractivity contribution in [1.82, 2.24) is 9.97 Å². The molecule has 90 valence electrons. The number of amides is 1. The average molecular weight is 236 g/mol. The van der Waals surface area contributed by atoms with Gasteiger partial charge >= 0.3 is 5.69 Å². The molecule has 0 aliphatic rings. The standard InChI is InChI=1S/C10H12N4O3/c11-4-8(15)9(16)12-5-1-2-6-7(3-5)14-10(17)13-6/h1-3,8,15H,4,11H2,(H,12,16)(H2,13,14,17). The predicted molar refractivity (Wildman–Crippen MR) is 62.6 cm³/mol. The van der Waals surface area contributed by atoms with Crippen molar-refractivity contribution in [2.45, 2.75) is 6.10 Å². The molecule has 2 rings (SSSR count). The summed E-state index contributed by atoms with van der Waals surface area (Å²) in [7, 11) is 0. The first-order valence-electron chi connectivity index (χ1n) is 5.01. The number of fused-ring (bicyclic) bond motifs is 1. The lowest BCUT2D eigenvalue weighted by Gasteiger charge is -2.08. The molecule has 0 aliphatic heterocycles. The van der Waals surface area contributed by atoms with Crippen LogP contribution in [0.4, 0.5) is 5.69 Å². The van der Waals surface area contributed by atoms with Gasteiger partial charge in [0.2, 0.25) is 0 Å². The summed E-state index contributed by atoms with van der Waals surface area (Å²) in [6.07, 6.45) is -1.24. The van der Waals surface area contributed by atoms with E-state index in [0.717, 1.165) is 0 Å². The third-order valence-corrected chi connectivity index (χ3v) is 2.31. The van der Waals surface area contributed by atoms with Crippen molar-refractivity contribution < 1.29 is 9.90 Å². The van der Waals surface area contributed by atoms with Gasteiger partial charge in [-0.15, -0.1) is 0 Å². The van der Waals surface area contributed by atoms with Crippen molar-refractivity contribution >= 4 is 22.6 Å². The fourth-order valence-corrected chi connectivity index (χ4v) is 1.44. The summed E-state index contributed by atoms with van der Waals surface area (Å²) < 4.78 is 0. The molecule has 6 N–H and O–H groups in total. The van der Waals surface area contributed by atoms with E-state index in [1.54, 1.807) is 18.2 Å². The number of anilines is 1. The van der Waals surface area contributed by atoms with Gasteiger partial charge in [-0.2, -0.15) is 0 Å². The number of nitrogens with two attached hydrogens (primary N) is 1. The minimum Gasteiger partial charge on any atom is -0.382 e. The number of rotatable bonds is 3. The molecule has 0 radical (unpaired) electrons. The minimum absolute atomic E-state index is 0.144. The van der Waals surface area contributed by atoms with Crippen molar-refractivity contribution in [3.05, 3.63) is 28.7 Å². The van der Waals surface area contributed by atoms with E-state index in [-0.39, 0.29) is 12.2 Å². The number of imidazole rings is 1. The van der Waals surface area contributed by atoms with Crippen molar-refractivity contribution in [3.63, 3.8) is 0 Å². The second-order valence-electron chi connectivity index (χ2n) is 3.58. The number of hydrogen-bond donors (Lipinski definition) is 5. The number of carbonyl (C=O) groups is 1. The summed E-state index contributed by atoms with van der Waals surface area (Å²) in [5.41, 5.74) is 6.54. The van der Waals surface area contributed by atoms with Gasteiger partial charge in [0.15, 0.2) is 0 Å². The zero-order valence-electron chi connectivity index (χ0n) is 8.86. The monoisotopic (exact) mass is 236 g/mol. The van der Waals surface area contributed by atoms with Crippen LogP contribution in [0, 0.1) is 0 Å². The molecule has 0 aliphatic carbocycles. The van der Waals surface area contributed by atoms with Crippen molar-refractivity contribution in [1.29, 1.82) is 0 Å². The van der Waals surface area contributed by atoms with Crippen LogP contribution in [0.3, 0.4) is 0 Å². The molecule has 0 fully saturated rings. The van der Waals surface area contributed by atoms with Crippen LogP contribution in [0.25, 0.3) is 11.0 Å². The van der Waals surface area contributed by atoms with Gasteiger partial charge in [-0.3, -0.25) is 4.79 Å². The van der Waals surface area contributed by atoms with Gasteiger partial charge in [0.05, 0.1) is 11.0 Å². The summed E-state index contributed by atoms with van der Waals surface area (Å²) in [5, 5.41) is 11.7. The molecule has 0 saturated carbocycles. The zero-order chi connectivity index (χ0) is 12.4. The first kappa shape index (κ1) is 11.4. The first-order valence-corrected chi connectivity index (χ1v) is 5.01. The highest BCUT2D eigenvalue weighted by atomic mass is 16.3. The highest BCUT2D eigenvalue weighted by Crippen LogP contribution is 2.14. The van der Waals surface area contributed by atoms with Crippen LogP contribution in [0.2, 0.25) is 0 Å². The maximum Gasteiger partial charge on any atom is 0.323 e. The molecule has 1 aromatic heterocycles. The summed E-state index contributed by atoms with van der Waals surface area (Å²) in [5.74, 6) is -0.579. The Hall–Kier alpha value is -2.12. The van der Waals surface area contributed by atoms with E-state index in [4.69, 9.17) is 5.73 Å². The lowest BCUT2D eigenvalue weighted by Crippen LogP contribution is -2.34. The molecule has 0 spiro atoms. The Balaban J connectivity index is 2.24. The van der Waals surface area contributed by atoms with Crippen LogP contribution in [-0.4, -0.2) is 33.6 Å². The Bertz CT molecular complexity index is 601. The maximum absolute atomic E-state index is 11.4. The van der Waals surface area contributed by atoms with Gasteiger partial charge < -0.3 is 26.1 Å². The highest BCUT2D eigenvalue weighted by molar-refractivity contribution is 5.95. The van der Waals surface area contributed by atoms with E-state index in [9.17, 15) is 14.7 Å². The van der Waals surface area contributed by atoms with E-state index < -0.39 is 12.0 Å². The number of nitrogens with one attached hydrogen (secondary N) is 3. The first-order chi connectivity index (χ1) is 8.10. The van der Waals surface area contributed by atoms with E-state index in [2.05, 4.69) is 15.3 Å². The number of hydrogen-bond acceptors (Lipinski definition) is 4. The fraction of sp³-hybridized carbons (Fsp3) is 0.200. The van der Waals surface area contributed by atoms with Crippen LogP contribution in [0.5, 0.6) is 0 Å². The molecule has 2 aromatic rings. The largest absolute Gasteiger partial charge is 0.382 e. The molecule has 1 unspecified atom stereocenters. The fourth-order valence-electron chi connectivity index (χ4n) is 1.44. The smallest absolute Gasteiger partial charge is 0.323 e. The SMILES string of the molecule is NCC(O)C(=O)Nc1ccc2[nH]c(=O)[nH]c2c1. The quantitative estimate of drug-likeness (QED) is 0.474. The second-order valence-corrected chi connectivity index (χ2v) is 3.58. The van der Waals surface area contributed by atoms with Crippen LogP contribution in [0.15, 0.2) is 23.0 Å². The van der Waals surface area contributed by atoms with Gasteiger partial charge in [0.1, 0.15) is 6.10 Å². The van der Waals surface area contributed by atoms with Crippen molar-refractivity contribution in [3.8, 4) is 0 Å². The van der Waals surface area contributed by atoms with Crippen LogP contribution in [-0.2, 0) is 4.79 Å². The Morgan fingerprint density at radius 2 is 2.12 bits per heavy atom. The third kappa shape index (κ3) is 2.35. The lowest BCUT2D eigenvalue weighted by molar-refractivity contribution is -0.123. The van der Waals surface area contributed by atoms with E-state index in [1.165, 1.54) is 0 Å². The second kappa shape index (κ2) is 4.40. The zero-order valence-corrected chi connectivity index (χ0v) is 8.86. The molecule has 1 atom stereocenters. The topological polar surface area (TPSA) is 124 Å². The normalized spacial score (nSPS) is 12.6. The number of carbonyl (C=O) groups excluding carboxylic acids is 1. The highest BCUT2D eigenvalue weighted by Gasteiger charge is 2.12. The van der Waals surface area contributed by atoms with Crippen molar-refractivity contribution in [2.24, 2.45) is 5.73 Å². The van der Waals surface area contributed by atoms with Gasteiger partial charge in [-0.05, 0) is 18.2 Å². The molecule has 0 bridgehead atoms. The summed E-state index contributed by atoms with van der Waals surface area (Å²) in [4.78, 5) is 27.5. The molecular formula is C10H12N4O3. The molecule has 1 amide bonds. The number of aromatic amines is 2. The number of H-pyrrole nitrogens is 2. The van der Waals surface area contributed by atoms with Crippen LogP contribution in [0.1, 0.15) is 0 Å². The summed E-state index contributed by atoms with van der Waals surface area (Å²) in [6.45, 7) is -0.144. The Morgan fingerprint density at radius 1 is 1.41 bits per heavy atom. The van der Waals surface area contributed by atoms with Gasteiger partial charge in [-0.1, -0.05) is 0 Å². The molecule has 17 heavy (non-hydrogen) atoms. The van der Waals surface area contributed by atoms with Crippen LogP contribution >= 0.6 is 0 Å². The lowest BCUT2D eigenvalue weighted by atomic mass is 10.2. The van der Waals surface area contributed by atoms with E-state index >= 15 is 0 Å². The molecular weight excluding hydrogens is 224 g/mol. The molecule has 0 saturated heterocycles. The summed E-state index contributed by atoms with van der Waals surface area (Å²) >= 11 is 0. The number of benzene rings is 1. The van der Waals surface area contributed by atoms with Gasteiger partial charge in [0.25, 0.3) is 5.91 Å².